The smallest absolute Gasteiger partial charge is 0.407 e. The van der Waals surface area contributed by atoms with Gasteiger partial charge in [0.15, 0.2) is 6.10 Å². The summed E-state index contributed by atoms with van der Waals surface area (Å²) in [7, 11) is -4.02. The summed E-state index contributed by atoms with van der Waals surface area (Å²) in [5.41, 5.74) is 0.668. The first-order chi connectivity index (χ1) is 18.0. The number of benzene rings is 1. The lowest BCUT2D eigenvalue weighted by Gasteiger charge is -2.40. The van der Waals surface area contributed by atoms with Crippen molar-refractivity contribution in [3.8, 4) is 0 Å². The van der Waals surface area contributed by atoms with Gasteiger partial charge in [-0.3, -0.25) is 23.4 Å². The van der Waals surface area contributed by atoms with E-state index >= 15 is 0 Å². The predicted octanol–water partition coefficient (Wildman–Crippen LogP) is 2.85. The third kappa shape index (κ3) is 8.76. The molecule has 1 unspecified atom stereocenters. The van der Waals surface area contributed by atoms with Crippen LogP contribution in [0, 0.1) is 12.3 Å². The Bertz CT molecular complexity index is 1150. The van der Waals surface area contributed by atoms with Crippen LogP contribution < -0.4 is 10.4 Å². The van der Waals surface area contributed by atoms with Crippen LogP contribution in [0.2, 0.25) is 0 Å². The van der Waals surface area contributed by atoms with Crippen molar-refractivity contribution in [2.45, 2.75) is 59.3 Å². The van der Waals surface area contributed by atoms with Crippen molar-refractivity contribution in [1.29, 1.82) is 0 Å². The van der Waals surface area contributed by atoms with Gasteiger partial charge in [0.05, 0.1) is 19.6 Å². The van der Waals surface area contributed by atoms with Crippen molar-refractivity contribution < 1.29 is 42.0 Å². The van der Waals surface area contributed by atoms with E-state index in [4.69, 9.17) is 23.0 Å². The van der Waals surface area contributed by atoms with Crippen molar-refractivity contribution in [3.63, 3.8) is 0 Å². The molecule has 1 aliphatic rings. The molecule has 0 saturated carbocycles. The van der Waals surface area contributed by atoms with Gasteiger partial charge < -0.3 is 19.3 Å². The lowest BCUT2D eigenvalue weighted by Crippen LogP contribution is -2.51. The maximum absolute atomic E-state index is 13.2. The summed E-state index contributed by atoms with van der Waals surface area (Å²) in [5.74, 6) is -1.14. The number of aromatic nitrogens is 1. The molecule has 208 valence electrons. The summed E-state index contributed by atoms with van der Waals surface area (Å²) in [4.78, 5) is 37.2. The Morgan fingerprint density at radius 3 is 2.63 bits per heavy atom. The van der Waals surface area contributed by atoms with Gasteiger partial charge in [-0.15, -0.1) is 0 Å². The van der Waals surface area contributed by atoms with Crippen LogP contribution in [0.4, 0.5) is 0 Å². The number of hydrogen-bond acceptors (Lipinski definition) is 10. The molecule has 0 spiro atoms. The van der Waals surface area contributed by atoms with E-state index in [2.05, 4.69) is 15.6 Å². The molecule has 2 N–H and O–H groups in total. The highest BCUT2D eigenvalue weighted by atomic mass is 31.2. The zero-order valence-electron chi connectivity index (χ0n) is 21.9. The number of carbonyl (C=O) groups excluding carboxylic acids is 3. The van der Waals surface area contributed by atoms with Crippen molar-refractivity contribution in [3.05, 3.63) is 53.4 Å². The van der Waals surface area contributed by atoms with Crippen LogP contribution in [0.25, 0.3) is 0 Å². The molecule has 1 fully saturated rings. The summed E-state index contributed by atoms with van der Waals surface area (Å²) in [6, 6.07) is 10.2. The molecule has 1 amide bonds. The highest BCUT2D eigenvalue weighted by Gasteiger charge is 2.49. The van der Waals surface area contributed by atoms with E-state index in [0.717, 1.165) is 5.56 Å². The number of ether oxygens (including phenoxy) is 2. The van der Waals surface area contributed by atoms with E-state index < -0.39 is 43.2 Å². The van der Waals surface area contributed by atoms with Crippen LogP contribution >= 0.6 is 7.75 Å². The molecule has 2 heterocycles. The van der Waals surface area contributed by atoms with Crippen LogP contribution in [0.5, 0.6) is 0 Å². The van der Waals surface area contributed by atoms with E-state index in [9.17, 15) is 18.9 Å². The zero-order valence-corrected chi connectivity index (χ0v) is 22.8. The molecule has 1 saturated heterocycles. The van der Waals surface area contributed by atoms with E-state index in [1.165, 1.54) is 6.92 Å². The van der Waals surface area contributed by atoms with Crippen molar-refractivity contribution >= 4 is 25.6 Å². The highest BCUT2D eigenvalue weighted by molar-refractivity contribution is 7.51. The highest BCUT2D eigenvalue weighted by Crippen LogP contribution is 2.53. The number of nitrogens with zero attached hydrogens (tertiary/aromatic N) is 1. The second-order valence-electron chi connectivity index (χ2n) is 9.63. The second-order valence-corrected chi connectivity index (χ2v) is 11.4. The molecule has 3 atom stereocenters. The fraction of sp³-hybridized carbons (Fsp3) is 0.520. The minimum Gasteiger partial charge on any atom is -0.464 e. The molecule has 1 aliphatic heterocycles. The number of amides is 1. The molecule has 0 radical (unpaired) electrons. The SMILES string of the molecule is Cc1cc(COC(=O)CCNC(=O)[C@@H]2OP(=O)(N[C@@H](C)C(=O)OCCc3ccccc3)OCC2(C)C)no1. The maximum atomic E-state index is 13.2. The molecule has 1 aromatic heterocycles. The van der Waals surface area contributed by atoms with E-state index in [-0.39, 0.29) is 32.8 Å². The summed E-state index contributed by atoms with van der Waals surface area (Å²) in [6.45, 7) is 6.66. The van der Waals surface area contributed by atoms with E-state index in [1.807, 2.05) is 30.3 Å². The number of hydrogen-bond donors (Lipinski definition) is 2. The number of esters is 2. The molecular formula is C25H34N3O9P. The average molecular weight is 552 g/mol. The van der Waals surface area contributed by atoms with Crippen LogP contribution in [0.15, 0.2) is 40.9 Å². The lowest BCUT2D eigenvalue weighted by atomic mass is 9.87. The Labute approximate surface area is 221 Å². The fourth-order valence-electron chi connectivity index (χ4n) is 3.53. The Morgan fingerprint density at radius 2 is 1.95 bits per heavy atom. The summed E-state index contributed by atoms with van der Waals surface area (Å²) >= 11 is 0. The third-order valence-electron chi connectivity index (χ3n) is 5.67. The summed E-state index contributed by atoms with van der Waals surface area (Å²) in [6.07, 6.45) is -0.716. The van der Waals surface area contributed by atoms with E-state index in [0.29, 0.717) is 17.9 Å². The molecule has 0 bridgehead atoms. The van der Waals surface area contributed by atoms with Gasteiger partial charge in [0.1, 0.15) is 24.1 Å². The largest absolute Gasteiger partial charge is 0.464 e. The molecule has 2 aromatic rings. The monoisotopic (exact) mass is 551 g/mol. The maximum Gasteiger partial charge on any atom is 0.407 e. The van der Waals surface area contributed by atoms with Crippen molar-refractivity contribution in [1.82, 2.24) is 15.6 Å². The number of rotatable bonds is 12. The quantitative estimate of drug-likeness (QED) is 0.295. The molecular weight excluding hydrogens is 517 g/mol. The zero-order chi connectivity index (χ0) is 27.8. The predicted molar refractivity (Wildman–Crippen MR) is 135 cm³/mol. The molecule has 38 heavy (non-hydrogen) atoms. The Balaban J connectivity index is 1.45. The Kier molecular flexibility index (Phi) is 10.2. The average Bonchev–Trinajstić information content (AvgIpc) is 3.30. The van der Waals surface area contributed by atoms with Crippen LogP contribution in [-0.4, -0.2) is 54.9 Å². The second kappa shape index (κ2) is 13.1. The fourth-order valence-corrected chi connectivity index (χ4v) is 5.47. The van der Waals surface area contributed by atoms with Gasteiger partial charge in [-0.2, -0.15) is 0 Å². The van der Waals surface area contributed by atoms with Crippen molar-refractivity contribution in [2.75, 3.05) is 19.8 Å². The van der Waals surface area contributed by atoms with Gasteiger partial charge in [-0.1, -0.05) is 49.3 Å². The standard InChI is InChI=1S/C25H34N3O9P/c1-17-14-20(27-36-17)15-34-21(29)10-12-26-23(30)22-25(3,4)16-35-38(32,37-22)28-18(2)24(31)33-13-11-19-8-6-5-7-9-19/h5-9,14,18,22H,10-13,15-16H2,1-4H3,(H,26,30)(H,28,32)/t18-,22-,38?/m0/s1. The Hall–Kier alpha value is -3.05. The van der Waals surface area contributed by atoms with E-state index in [1.54, 1.807) is 26.8 Å². The first-order valence-corrected chi connectivity index (χ1v) is 13.8. The van der Waals surface area contributed by atoms with Gasteiger partial charge in [-0.25, -0.2) is 9.65 Å². The van der Waals surface area contributed by atoms with Crippen LogP contribution in [0.1, 0.15) is 44.2 Å². The van der Waals surface area contributed by atoms with Gasteiger partial charge >= 0.3 is 19.7 Å². The van der Waals surface area contributed by atoms with Gasteiger partial charge in [-0.05, 0) is 19.4 Å². The lowest BCUT2D eigenvalue weighted by molar-refractivity contribution is -0.146. The van der Waals surface area contributed by atoms with Gasteiger partial charge in [0.25, 0.3) is 0 Å². The minimum atomic E-state index is -4.02. The number of aryl methyl sites for hydroxylation is 1. The third-order valence-corrected chi connectivity index (χ3v) is 7.33. The summed E-state index contributed by atoms with van der Waals surface area (Å²) < 4.78 is 39.5. The van der Waals surface area contributed by atoms with Crippen LogP contribution in [0.3, 0.4) is 0 Å². The molecule has 13 heteroatoms. The molecule has 1 aromatic carbocycles. The normalized spacial score (nSPS) is 21.3. The van der Waals surface area contributed by atoms with Gasteiger partial charge in [0.2, 0.25) is 5.91 Å². The Morgan fingerprint density at radius 1 is 1.21 bits per heavy atom. The molecule has 12 nitrogen and oxygen atoms in total. The van der Waals surface area contributed by atoms with Crippen LogP contribution in [-0.2, 0) is 50.5 Å². The van der Waals surface area contributed by atoms with Gasteiger partial charge in [0, 0.05) is 24.4 Å². The number of carbonyl (C=O) groups is 3. The number of nitrogens with one attached hydrogen (secondary N) is 2. The van der Waals surface area contributed by atoms with Crippen molar-refractivity contribution in [2.24, 2.45) is 5.41 Å². The first kappa shape index (κ1) is 29.5. The molecule has 3 rings (SSSR count). The first-order valence-electron chi connectivity index (χ1n) is 12.2. The minimum absolute atomic E-state index is 0.0197. The molecule has 0 aliphatic carbocycles. The summed E-state index contributed by atoms with van der Waals surface area (Å²) in [5, 5.41) is 8.88. The topological polar surface area (TPSA) is 155 Å².